The van der Waals surface area contributed by atoms with E-state index >= 15 is 0 Å². The van der Waals surface area contributed by atoms with Gasteiger partial charge in [-0.25, -0.2) is 4.98 Å². The first-order valence-electron chi connectivity index (χ1n) is 8.73. The van der Waals surface area contributed by atoms with Gasteiger partial charge in [0.25, 0.3) is 5.91 Å². The second-order valence-electron chi connectivity index (χ2n) is 7.51. The second-order valence-corrected chi connectivity index (χ2v) is 8.27. The van der Waals surface area contributed by atoms with Crippen LogP contribution in [0.3, 0.4) is 0 Å². The van der Waals surface area contributed by atoms with E-state index in [-0.39, 0.29) is 11.4 Å². The molecule has 134 valence electrons. The average Bonchev–Trinajstić information content (AvgIpc) is 3.21. The lowest BCUT2D eigenvalue weighted by atomic mass is 9.69. The molecule has 2 fully saturated rings. The molecular weight excluding hydrogens is 338 g/mol. The quantitative estimate of drug-likeness (QED) is 0.901. The zero-order chi connectivity index (χ0) is 17.8. The molecule has 0 radical (unpaired) electrons. The molecule has 2 unspecified atom stereocenters. The van der Waals surface area contributed by atoms with E-state index in [2.05, 4.69) is 33.7 Å². The van der Waals surface area contributed by atoms with Gasteiger partial charge in [-0.3, -0.25) is 4.79 Å². The second kappa shape index (κ2) is 5.79. The van der Waals surface area contributed by atoms with Gasteiger partial charge in [0, 0.05) is 36.5 Å². The van der Waals surface area contributed by atoms with Crippen molar-refractivity contribution in [3.05, 3.63) is 22.8 Å². The van der Waals surface area contributed by atoms with Crippen LogP contribution in [0.2, 0.25) is 0 Å². The highest BCUT2D eigenvalue weighted by atomic mass is 32.1. The van der Waals surface area contributed by atoms with E-state index in [4.69, 9.17) is 4.52 Å². The number of carbonyl (C=O) groups excluding carboxylic acids is 1. The monoisotopic (exact) mass is 361 g/mol. The highest BCUT2D eigenvalue weighted by molar-refractivity contribution is 7.09. The summed E-state index contributed by atoms with van der Waals surface area (Å²) >= 11 is 1.41. The fraction of sp³-hybridized carbons (Fsp3) is 0.647. The molecule has 1 aliphatic carbocycles. The van der Waals surface area contributed by atoms with Crippen molar-refractivity contribution in [2.24, 2.45) is 5.92 Å². The molecule has 4 rings (SSSR count). The highest BCUT2D eigenvalue weighted by Gasteiger charge is 2.55. The maximum absolute atomic E-state index is 12.9. The van der Waals surface area contributed by atoms with E-state index in [9.17, 15) is 4.79 Å². The molecule has 0 aromatic carbocycles. The number of nitrogens with one attached hydrogen (secondary N) is 1. The Hall–Kier alpha value is -1.96. The van der Waals surface area contributed by atoms with E-state index in [1.165, 1.54) is 11.5 Å². The summed E-state index contributed by atoms with van der Waals surface area (Å²) < 4.78 is 9.58. The SMILES string of the molecule is Cc1noc(C)c1C(=O)N1CC2CCC2(Nc2nc(C(C)C)ns2)C1. The number of nitrogens with zero attached hydrogens (tertiary/aromatic N) is 4. The molecule has 0 bridgehead atoms. The summed E-state index contributed by atoms with van der Waals surface area (Å²) in [5, 5.41) is 8.37. The van der Waals surface area contributed by atoms with E-state index in [0.29, 0.717) is 35.4 Å². The molecule has 2 aromatic rings. The minimum atomic E-state index is -0.0670. The lowest BCUT2D eigenvalue weighted by Gasteiger charge is -2.44. The van der Waals surface area contributed by atoms with E-state index < -0.39 is 0 Å². The zero-order valence-corrected chi connectivity index (χ0v) is 15.8. The average molecular weight is 361 g/mol. The van der Waals surface area contributed by atoms with Gasteiger partial charge < -0.3 is 14.7 Å². The van der Waals surface area contributed by atoms with Crippen LogP contribution < -0.4 is 5.32 Å². The number of hydrogen-bond acceptors (Lipinski definition) is 7. The maximum Gasteiger partial charge on any atom is 0.259 e. The van der Waals surface area contributed by atoms with Gasteiger partial charge in [0.1, 0.15) is 17.1 Å². The normalized spacial score (nSPS) is 25.2. The summed E-state index contributed by atoms with van der Waals surface area (Å²) in [7, 11) is 0. The van der Waals surface area contributed by atoms with Crippen molar-refractivity contribution < 1.29 is 9.32 Å². The van der Waals surface area contributed by atoms with E-state index in [1.807, 2.05) is 11.8 Å². The van der Waals surface area contributed by atoms with Crippen molar-refractivity contribution in [2.45, 2.75) is 52.0 Å². The molecule has 1 N–H and O–H groups in total. The summed E-state index contributed by atoms with van der Waals surface area (Å²) in [4.78, 5) is 19.5. The fourth-order valence-electron chi connectivity index (χ4n) is 3.88. The molecule has 2 aliphatic rings. The van der Waals surface area contributed by atoms with Gasteiger partial charge in [-0.15, -0.1) is 0 Å². The lowest BCUT2D eigenvalue weighted by molar-refractivity contribution is 0.0784. The topological polar surface area (TPSA) is 84.2 Å². The molecule has 1 amide bonds. The highest BCUT2D eigenvalue weighted by Crippen LogP contribution is 2.47. The van der Waals surface area contributed by atoms with Gasteiger partial charge in [-0.1, -0.05) is 19.0 Å². The molecule has 3 heterocycles. The number of amides is 1. The maximum atomic E-state index is 12.9. The first-order chi connectivity index (χ1) is 11.9. The van der Waals surface area contributed by atoms with Crippen molar-refractivity contribution in [3.8, 4) is 0 Å². The molecule has 7 nitrogen and oxygen atoms in total. The van der Waals surface area contributed by atoms with Crippen LogP contribution in [0.5, 0.6) is 0 Å². The number of aryl methyl sites for hydroxylation is 2. The smallest absolute Gasteiger partial charge is 0.259 e. The Morgan fingerprint density at radius 1 is 1.44 bits per heavy atom. The molecule has 2 atom stereocenters. The fourth-order valence-corrected chi connectivity index (χ4v) is 4.70. The molecule has 8 heteroatoms. The molecule has 1 saturated heterocycles. The summed E-state index contributed by atoms with van der Waals surface area (Å²) in [6.07, 6.45) is 2.19. The van der Waals surface area contributed by atoms with Crippen LogP contribution in [0.4, 0.5) is 5.13 Å². The summed E-state index contributed by atoms with van der Waals surface area (Å²) in [6.45, 7) is 9.26. The third-order valence-corrected chi connectivity index (χ3v) is 6.13. The Morgan fingerprint density at radius 2 is 2.24 bits per heavy atom. The van der Waals surface area contributed by atoms with Crippen LogP contribution in [0.25, 0.3) is 0 Å². The zero-order valence-electron chi connectivity index (χ0n) is 15.0. The van der Waals surface area contributed by atoms with Crippen LogP contribution >= 0.6 is 11.5 Å². The number of hydrogen-bond donors (Lipinski definition) is 1. The van der Waals surface area contributed by atoms with Crippen LogP contribution in [-0.4, -0.2) is 43.9 Å². The first-order valence-corrected chi connectivity index (χ1v) is 9.51. The van der Waals surface area contributed by atoms with Gasteiger partial charge in [0.05, 0.1) is 11.2 Å². The first kappa shape index (κ1) is 16.5. The molecule has 1 saturated carbocycles. The Bertz CT molecular complexity index is 794. The predicted molar refractivity (Wildman–Crippen MR) is 95.0 cm³/mol. The van der Waals surface area contributed by atoms with Gasteiger partial charge in [0.15, 0.2) is 0 Å². The molecular formula is C17H23N5O2S. The van der Waals surface area contributed by atoms with Crippen LogP contribution in [0.1, 0.15) is 60.2 Å². The minimum Gasteiger partial charge on any atom is -0.361 e. The number of carbonyl (C=O) groups is 1. The third-order valence-electron chi connectivity index (χ3n) is 5.48. The number of likely N-dealkylation sites (tertiary alicyclic amines) is 1. The number of anilines is 1. The third kappa shape index (κ3) is 2.63. The molecule has 25 heavy (non-hydrogen) atoms. The van der Waals surface area contributed by atoms with Gasteiger partial charge >= 0.3 is 0 Å². The lowest BCUT2D eigenvalue weighted by Crippen LogP contribution is -2.53. The summed E-state index contributed by atoms with van der Waals surface area (Å²) in [5.74, 6) is 2.27. The standard InChI is InChI=1S/C17H23N5O2S/c1-9(2)14-18-16(25-21-14)19-17-6-5-12(17)7-22(8-17)15(23)13-10(3)20-24-11(13)4/h9,12H,5-8H2,1-4H3,(H,18,19,21). The van der Waals surface area contributed by atoms with Crippen LogP contribution in [0.15, 0.2) is 4.52 Å². The van der Waals surface area contributed by atoms with Crippen molar-refractivity contribution in [3.63, 3.8) is 0 Å². The Balaban J connectivity index is 1.52. The number of fused-ring (bicyclic) bond motifs is 1. The molecule has 1 aliphatic heterocycles. The Morgan fingerprint density at radius 3 is 2.80 bits per heavy atom. The number of rotatable bonds is 4. The van der Waals surface area contributed by atoms with E-state index in [0.717, 1.165) is 30.3 Å². The van der Waals surface area contributed by atoms with Crippen LogP contribution in [0, 0.1) is 19.8 Å². The minimum absolute atomic E-state index is 0.0203. The van der Waals surface area contributed by atoms with E-state index in [1.54, 1.807) is 6.92 Å². The van der Waals surface area contributed by atoms with Gasteiger partial charge in [-0.2, -0.15) is 4.37 Å². The van der Waals surface area contributed by atoms with Gasteiger partial charge in [-0.05, 0) is 26.7 Å². The Kier molecular flexibility index (Phi) is 3.82. The number of aromatic nitrogens is 3. The summed E-state index contributed by atoms with van der Waals surface area (Å²) in [5.41, 5.74) is 1.20. The van der Waals surface area contributed by atoms with Crippen molar-refractivity contribution >= 4 is 22.6 Å². The van der Waals surface area contributed by atoms with Gasteiger partial charge in [0.2, 0.25) is 5.13 Å². The predicted octanol–water partition coefficient (Wildman–Crippen LogP) is 2.98. The Labute approximate surface area is 151 Å². The van der Waals surface area contributed by atoms with Crippen molar-refractivity contribution in [1.29, 1.82) is 0 Å². The summed E-state index contributed by atoms with van der Waals surface area (Å²) in [6, 6.07) is 0. The van der Waals surface area contributed by atoms with Crippen molar-refractivity contribution in [1.82, 2.24) is 19.4 Å². The van der Waals surface area contributed by atoms with Crippen LogP contribution in [-0.2, 0) is 0 Å². The molecule has 2 aromatic heterocycles. The largest absolute Gasteiger partial charge is 0.361 e. The molecule has 0 spiro atoms. The van der Waals surface area contributed by atoms with Crippen molar-refractivity contribution in [2.75, 3.05) is 18.4 Å².